The molecule has 2 aliphatic rings. The second-order valence-electron chi connectivity index (χ2n) is 9.41. The van der Waals surface area contributed by atoms with E-state index in [1.807, 2.05) is 31.3 Å². The summed E-state index contributed by atoms with van der Waals surface area (Å²) >= 11 is 0. The minimum atomic E-state index is -0.700. The maximum Gasteiger partial charge on any atom is 0.342 e. The third kappa shape index (κ3) is 6.07. The molecule has 0 saturated carbocycles. The van der Waals surface area contributed by atoms with Gasteiger partial charge in [-0.2, -0.15) is 4.99 Å². The van der Waals surface area contributed by atoms with E-state index in [-0.39, 0.29) is 23.2 Å². The molecule has 4 rings (SSSR count). The highest BCUT2D eigenvalue weighted by Crippen LogP contribution is 2.26. The van der Waals surface area contributed by atoms with Crippen LogP contribution in [0.1, 0.15) is 48.7 Å². The lowest BCUT2D eigenvalue weighted by Gasteiger charge is -2.22. The van der Waals surface area contributed by atoms with Gasteiger partial charge >= 0.3 is 12.0 Å². The molecule has 1 atom stereocenters. The predicted molar refractivity (Wildman–Crippen MR) is 139 cm³/mol. The molecule has 0 radical (unpaired) electrons. The van der Waals surface area contributed by atoms with Gasteiger partial charge in [0.05, 0.1) is 6.54 Å². The average Bonchev–Trinajstić information content (AvgIpc) is 3.24. The Labute approximate surface area is 210 Å². The molecule has 2 aromatic carbocycles. The Bertz CT molecular complexity index is 1260. The standard InChI is InChI=1S/C26H30N6O4/c1-26(2,3)36-24(33)19-9-8-16(22(27)28)15-20(19)35-21-10-11-30-25(31-21)34-18-7-5-6-17(14-18)23-29-12-13-32(23)4/h5-9,11,14-15,21H,10,12-13H2,1-4H3,(H3,27,28). The number of amidine groups is 3. The molecular weight excluding hydrogens is 460 g/mol. The topological polar surface area (TPSA) is 135 Å². The van der Waals surface area contributed by atoms with Crippen molar-refractivity contribution < 1.29 is 19.0 Å². The van der Waals surface area contributed by atoms with Crippen molar-refractivity contribution in [3.8, 4) is 11.5 Å². The third-order valence-corrected chi connectivity index (χ3v) is 5.30. The fourth-order valence-electron chi connectivity index (χ4n) is 3.64. The summed E-state index contributed by atoms with van der Waals surface area (Å²) in [6, 6.07) is 12.4. The van der Waals surface area contributed by atoms with E-state index in [2.05, 4.69) is 19.9 Å². The molecule has 0 amide bonds. The van der Waals surface area contributed by atoms with Crippen LogP contribution in [0.2, 0.25) is 0 Å². The first-order valence-corrected chi connectivity index (χ1v) is 11.6. The summed E-state index contributed by atoms with van der Waals surface area (Å²) in [5.41, 5.74) is 6.54. The fraction of sp³-hybridized carbons (Fsp3) is 0.346. The van der Waals surface area contributed by atoms with Crippen LogP contribution in [0, 0.1) is 5.41 Å². The summed E-state index contributed by atoms with van der Waals surface area (Å²) in [5.74, 6) is 1.00. The number of carbonyl (C=O) groups excluding carboxylic acids is 1. The molecule has 0 aliphatic carbocycles. The quantitative estimate of drug-likeness (QED) is 0.363. The Kier molecular flexibility index (Phi) is 7.05. The molecule has 36 heavy (non-hydrogen) atoms. The number of rotatable bonds is 6. The highest BCUT2D eigenvalue weighted by Gasteiger charge is 2.24. The monoisotopic (exact) mass is 490 g/mol. The van der Waals surface area contributed by atoms with Crippen LogP contribution >= 0.6 is 0 Å². The first-order chi connectivity index (χ1) is 17.1. The first kappa shape index (κ1) is 24.9. The van der Waals surface area contributed by atoms with Gasteiger partial charge in [-0.15, -0.1) is 0 Å². The Balaban J connectivity index is 1.54. The van der Waals surface area contributed by atoms with E-state index in [0.717, 1.165) is 24.5 Å². The SMILES string of the molecule is CN1CCN=C1c1cccc(OC2=NC(Oc3cc(C(=N)N)ccc3C(=O)OC(C)(C)C)CC=N2)c1. The van der Waals surface area contributed by atoms with E-state index >= 15 is 0 Å². The van der Waals surface area contributed by atoms with Crippen LogP contribution in [0.5, 0.6) is 11.5 Å². The van der Waals surface area contributed by atoms with Crippen molar-refractivity contribution in [1.29, 1.82) is 5.41 Å². The van der Waals surface area contributed by atoms with Crippen LogP contribution < -0.4 is 15.2 Å². The van der Waals surface area contributed by atoms with Gasteiger partial charge in [0.15, 0.2) is 6.23 Å². The zero-order valence-electron chi connectivity index (χ0n) is 20.8. The molecule has 10 nitrogen and oxygen atoms in total. The van der Waals surface area contributed by atoms with E-state index in [1.54, 1.807) is 33.1 Å². The molecule has 2 aromatic rings. The minimum absolute atomic E-state index is 0.131. The highest BCUT2D eigenvalue weighted by atomic mass is 16.6. The van der Waals surface area contributed by atoms with E-state index in [9.17, 15) is 4.79 Å². The number of ether oxygens (including phenoxy) is 3. The van der Waals surface area contributed by atoms with Crippen LogP contribution in [0.3, 0.4) is 0 Å². The Hall–Kier alpha value is -4.21. The van der Waals surface area contributed by atoms with Gasteiger partial charge in [0.25, 0.3) is 0 Å². The highest BCUT2D eigenvalue weighted by molar-refractivity contribution is 6.00. The molecular formula is C26H30N6O4. The Morgan fingerprint density at radius 2 is 2.00 bits per heavy atom. The Morgan fingerprint density at radius 1 is 1.19 bits per heavy atom. The van der Waals surface area contributed by atoms with Crippen LogP contribution in [0.15, 0.2) is 57.4 Å². The lowest BCUT2D eigenvalue weighted by molar-refractivity contribution is 0.00644. The smallest absolute Gasteiger partial charge is 0.342 e. The van der Waals surface area contributed by atoms with Crippen LogP contribution in [0.25, 0.3) is 0 Å². The lowest BCUT2D eigenvalue weighted by Crippen LogP contribution is -2.26. The number of nitrogens with one attached hydrogen (secondary N) is 1. The van der Waals surface area contributed by atoms with Gasteiger partial charge in [0.1, 0.15) is 34.3 Å². The second kappa shape index (κ2) is 10.2. The summed E-state index contributed by atoms with van der Waals surface area (Å²) in [4.78, 5) is 28.1. The van der Waals surface area contributed by atoms with E-state index in [4.69, 9.17) is 25.4 Å². The molecule has 10 heteroatoms. The van der Waals surface area contributed by atoms with E-state index < -0.39 is 17.8 Å². The molecule has 0 saturated heterocycles. The number of benzene rings is 2. The first-order valence-electron chi connectivity index (χ1n) is 11.6. The zero-order valence-corrected chi connectivity index (χ0v) is 20.8. The Morgan fingerprint density at radius 3 is 2.69 bits per heavy atom. The number of nitrogen functional groups attached to an aromatic ring is 1. The van der Waals surface area contributed by atoms with Gasteiger partial charge in [-0.05, 0) is 45.0 Å². The van der Waals surface area contributed by atoms with Crippen molar-refractivity contribution in [3.63, 3.8) is 0 Å². The zero-order chi connectivity index (χ0) is 25.9. The number of nitrogens with two attached hydrogens (primary N) is 1. The van der Waals surface area contributed by atoms with Gasteiger partial charge < -0.3 is 24.8 Å². The lowest BCUT2D eigenvalue weighted by atomic mass is 10.1. The minimum Gasteiger partial charge on any atom is -0.467 e. The van der Waals surface area contributed by atoms with Crippen LogP contribution in [-0.2, 0) is 4.74 Å². The van der Waals surface area contributed by atoms with Crippen LogP contribution in [-0.4, -0.2) is 66.7 Å². The normalized spacial score (nSPS) is 17.3. The summed E-state index contributed by atoms with van der Waals surface area (Å²) in [5, 5.41) is 7.75. The summed E-state index contributed by atoms with van der Waals surface area (Å²) in [7, 11) is 2.00. The van der Waals surface area contributed by atoms with E-state index in [1.165, 1.54) is 12.1 Å². The van der Waals surface area contributed by atoms with Gasteiger partial charge in [0, 0.05) is 37.4 Å². The number of likely N-dealkylation sites (N-methyl/N-ethyl adjacent to an activating group) is 1. The molecule has 2 heterocycles. The number of esters is 1. The number of aliphatic imine (C=N–C) groups is 3. The summed E-state index contributed by atoms with van der Waals surface area (Å²) in [6.45, 7) is 7.00. The number of hydrogen-bond donors (Lipinski definition) is 2. The van der Waals surface area contributed by atoms with Crippen LogP contribution in [0.4, 0.5) is 0 Å². The van der Waals surface area contributed by atoms with Crippen molar-refractivity contribution in [2.45, 2.75) is 39.0 Å². The molecule has 0 spiro atoms. The molecule has 0 bridgehead atoms. The van der Waals surface area contributed by atoms with Crippen molar-refractivity contribution in [2.24, 2.45) is 20.7 Å². The van der Waals surface area contributed by atoms with Gasteiger partial charge in [0.2, 0.25) is 0 Å². The maximum atomic E-state index is 12.8. The number of nitrogens with zero attached hydrogens (tertiary/aromatic N) is 4. The fourth-order valence-corrected chi connectivity index (χ4v) is 3.64. The third-order valence-electron chi connectivity index (χ3n) is 5.30. The molecule has 3 N–H and O–H groups in total. The average molecular weight is 491 g/mol. The summed E-state index contributed by atoms with van der Waals surface area (Å²) < 4.78 is 17.5. The van der Waals surface area contributed by atoms with Gasteiger partial charge in [-0.3, -0.25) is 10.4 Å². The van der Waals surface area contributed by atoms with Crippen molar-refractivity contribution in [3.05, 3.63) is 59.2 Å². The van der Waals surface area contributed by atoms with Crippen molar-refractivity contribution >= 4 is 29.9 Å². The number of hydrogen-bond acceptors (Lipinski definition) is 9. The van der Waals surface area contributed by atoms with Crippen molar-refractivity contribution in [2.75, 3.05) is 20.1 Å². The second-order valence-corrected chi connectivity index (χ2v) is 9.41. The van der Waals surface area contributed by atoms with Gasteiger partial charge in [-0.1, -0.05) is 18.2 Å². The van der Waals surface area contributed by atoms with Gasteiger partial charge in [-0.25, -0.2) is 9.79 Å². The number of carbonyl (C=O) groups is 1. The summed E-state index contributed by atoms with van der Waals surface area (Å²) in [6.07, 6.45) is 1.31. The van der Waals surface area contributed by atoms with Crippen molar-refractivity contribution in [1.82, 2.24) is 4.90 Å². The largest absolute Gasteiger partial charge is 0.467 e. The maximum absolute atomic E-state index is 12.8. The molecule has 0 aromatic heterocycles. The van der Waals surface area contributed by atoms with E-state index in [0.29, 0.717) is 17.7 Å². The molecule has 2 aliphatic heterocycles. The predicted octanol–water partition coefficient (Wildman–Crippen LogP) is 3.23. The molecule has 0 fully saturated rings. The molecule has 1 unspecified atom stereocenters. The molecule has 188 valence electrons.